The summed E-state index contributed by atoms with van der Waals surface area (Å²) in [5.41, 5.74) is 1.87. The number of aliphatic hydroxyl groups is 1. The van der Waals surface area contributed by atoms with Crippen LogP contribution >= 0.6 is 0 Å². The molecule has 1 aliphatic rings. The van der Waals surface area contributed by atoms with E-state index in [2.05, 4.69) is 4.90 Å². The van der Waals surface area contributed by atoms with E-state index in [0.717, 1.165) is 36.9 Å². The molecule has 4 heteroatoms. The van der Waals surface area contributed by atoms with Crippen molar-refractivity contribution in [2.45, 2.75) is 44.7 Å². The van der Waals surface area contributed by atoms with Crippen LogP contribution in [0.2, 0.25) is 0 Å². The highest BCUT2D eigenvalue weighted by atomic mass is 16.4. The molecule has 2 unspecified atom stereocenters. The summed E-state index contributed by atoms with van der Waals surface area (Å²) in [5.74, 6) is -0.802. The molecule has 0 aromatic heterocycles. The Labute approximate surface area is 120 Å². The minimum atomic E-state index is -0.802. The third kappa shape index (κ3) is 3.19. The number of benzene rings is 1. The van der Waals surface area contributed by atoms with Crippen LogP contribution in [0.4, 0.5) is 0 Å². The molecule has 1 saturated heterocycles. The first-order valence-corrected chi connectivity index (χ1v) is 7.30. The molecule has 0 bridgehead atoms. The Morgan fingerprint density at radius 3 is 2.80 bits per heavy atom. The Balaban J connectivity index is 2.32. The summed E-state index contributed by atoms with van der Waals surface area (Å²) < 4.78 is 0. The number of carbonyl (C=O) groups is 1. The van der Waals surface area contributed by atoms with E-state index in [9.17, 15) is 15.0 Å². The van der Waals surface area contributed by atoms with Gasteiger partial charge in [0.25, 0.3) is 0 Å². The number of piperidine rings is 1. The van der Waals surface area contributed by atoms with Crippen molar-refractivity contribution in [2.75, 3.05) is 13.2 Å². The average Bonchev–Trinajstić information content (AvgIpc) is 2.43. The van der Waals surface area contributed by atoms with Crippen molar-refractivity contribution in [1.82, 2.24) is 4.90 Å². The minimum Gasteiger partial charge on any atom is -0.480 e. The molecular formula is C16H23NO3. The summed E-state index contributed by atoms with van der Waals surface area (Å²) in [6.45, 7) is 2.85. The van der Waals surface area contributed by atoms with Crippen LogP contribution in [0, 0.1) is 6.92 Å². The molecule has 0 saturated carbocycles. The fourth-order valence-corrected chi connectivity index (χ4v) is 3.17. The normalized spacial score (nSPS) is 21.6. The molecule has 1 aliphatic heterocycles. The van der Waals surface area contributed by atoms with E-state index in [4.69, 9.17) is 0 Å². The van der Waals surface area contributed by atoms with Crippen LogP contribution in [0.5, 0.6) is 0 Å². The molecule has 2 atom stereocenters. The SMILES string of the molecule is Cc1ccccc1C(C(=O)O)N1CCCCC1CCO. The number of aryl methyl sites for hydroxylation is 1. The second-order valence-corrected chi connectivity index (χ2v) is 5.50. The van der Waals surface area contributed by atoms with Gasteiger partial charge in [-0.05, 0) is 43.9 Å². The lowest BCUT2D eigenvalue weighted by atomic mass is 9.93. The van der Waals surface area contributed by atoms with Crippen molar-refractivity contribution in [3.05, 3.63) is 35.4 Å². The molecule has 1 heterocycles. The van der Waals surface area contributed by atoms with Crippen molar-refractivity contribution in [2.24, 2.45) is 0 Å². The molecule has 2 rings (SSSR count). The fraction of sp³-hybridized carbons (Fsp3) is 0.562. The van der Waals surface area contributed by atoms with Gasteiger partial charge in [0.15, 0.2) is 0 Å². The minimum absolute atomic E-state index is 0.112. The summed E-state index contributed by atoms with van der Waals surface area (Å²) in [4.78, 5) is 13.9. The van der Waals surface area contributed by atoms with Crippen LogP contribution in [0.3, 0.4) is 0 Å². The zero-order valence-electron chi connectivity index (χ0n) is 12.0. The van der Waals surface area contributed by atoms with Gasteiger partial charge in [0, 0.05) is 12.6 Å². The van der Waals surface area contributed by atoms with Gasteiger partial charge >= 0.3 is 5.97 Å². The van der Waals surface area contributed by atoms with Crippen LogP contribution < -0.4 is 0 Å². The van der Waals surface area contributed by atoms with Crippen LogP contribution in [0.15, 0.2) is 24.3 Å². The highest BCUT2D eigenvalue weighted by Crippen LogP contribution is 2.31. The summed E-state index contributed by atoms with van der Waals surface area (Å²) in [6.07, 6.45) is 3.75. The predicted octanol–water partition coefficient (Wildman–Crippen LogP) is 2.36. The largest absolute Gasteiger partial charge is 0.480 e. The Bertz CT molecular complexity index is 459. The number of hydrogen-bond donors (Lipinski definition) is 2. The second kappa shape index (κ2) is 6.86. The van der Waals surface area contributed by atoms with E-state index in [0.29, 0.717) is 6.42 Å². The smallest absolute Gasteiger partial charge is 0.325 e. The van der Waals surface area contributed by atoms with Gasteiger partial charge in [0.1, 0.15) is 6.04 Å². The van der Waals surface area contributed by atoms with E-state index >= 15 is 0 Å². The monoisotopic (exact) mass is 277 g/mol. The van der Waals surface area contributed by atoms with Gasteiger partial charge in [0.2, 0.25) is 0 Å². The van der Waals surface area contributed by atoms with Crippen molar-refractivity contribution in [1.29, 1.82) is 0 Å². The molecular weight excluding hydrogens is 254 g/mol. The molecule has 1 fully saturated rings. The molecule has 0 radical (unpaired) electrons. The summed E-state index contributed by atoms with van der Waals surface area (Å²) in [6, 6.07) is 7.24. The summed E-state index contributed by atoms with van der Waals surface area (Å²) in [5, 5.41) is 18.9. The van der Waals surface area contributed by atoms with Crippen molar-refractivity contribution in [3.63, 3.8) is 0 Å². The van der Waals surface area contributed by atoms with Crippen molar-refractivity contribution >= 4 is 5.97 Å². The standard InChI is InChI=1S/C16H23NO3/c1-12-6-2-3-8-14(12)15(16(19)20)17-10-5-4-7-13(17)9-11-18/h2-3,6,8,13,15,18H,4-5,7,9-11H2,1H3,(H,19,20). The lowest BCUT2D eigenvalue weighted by Gasteiger charge is -2.39. The molecule has 110 valence electrons. The topological polar surface area (TPSA) is 60.8 Å². The Hall–Kier alpha value is -1.39. The number of carboxylic acids is 1. The molecule has 20 heavy (non-hydrogen) atoms. The van der Waals surface area contributed by atoms with Crippen LogP contribution in [-0.2, 0) is 4.79 Å². The van der Waals surface area contributed by atoms with Crippen molar-refractivity contribution < 1.29 is 15.0 Å². The first kappa shape index (κ1) is 15.0. The van der Waals surface area contributed by atoms with E-state index in [-0.39, 0.29) is 12.6 Å². The van der Waals surface area contributed by atoms with Gasteiger partial charge in [-0.1, -0.05) is 30.7 Å². The average molecular weight is 277 g/mol. The maximum atomic E-state index is 11.8. The van der Waals surface area contributed by atoms with Gasteiger partial charge in [-0.2, -0.15) is 0 Å². The third-order valence-corrected chi connectivity index (χ3v) is 4.18. The van der Waals surface area contributed by atoms with Gasteiger partial charge in [-0.25, -0.2) is 0 Å². The predicted molar refractivity (Wildman–Crippen MR) is 77.6 cm³/mol. The van der Waals surface area contributed by atoms with Gasteiger partial charge in [0.05, 0.1) is 0 Å². The van der Waals surface area contributed by atoms with Gasteiger partial charge in [-0.3, -0.25) is 9.69 Å². The Morgan fingerprint density at radius 1 is 1.40 bits per heavy atom. The molecule has 2 N–H and O–H groups in total. The molecule has 1 aromatic carbocycles. The van der Waals surface area contributed by atoms with Crippen LogP contribution in [0.1, 0.15) is 42.9 Å². The third-order valence-electron chi connectivity index (χ3n) is 4.18. The molecule has 1 aromatic rings. The maximum Gasteiger partial charge on any atom is 0.325 e. The van der Waals surface area contributed by atoms with Gasteiger partial charge in [-0.15, -0.1) is 0 Å². The number of hydrogen-bond acceptors (Lipinski definition) is 3. The zero-order valence-corrected chi connectivity index (χ0v) is 12.0. The van der Waals surface area contributed by atoms with Crippen LogP contribution in [0.25, 0.3) is 0 Å². The van der Waals surface area contributed by atoms with Crippen LogP contribution in [-0.4, -0.2) is 40.3 Å². The number of aliphatic carboxylic acids is 1. The number of carboxylic acid groups (broad SMARTS) is 1. The van der Waals surface area contributed by atoms with E-state index < -0.39 is 12.0 Å². The maximum absolute atomic E-state index is 11.8. The summed E-state index contributed by atoms with van der Waals surface area (Å²) in [7, 11) is 0. The first-order chi connectivity index (χ1) is 9.65. The second-order valence-electron chi connectivity index (χ2n) is 5.50. The lowest BCUT2D eigenvalue weighted by molar-refractivity contribution is -0.145. The molecule has 0 amide bonds. The van der Waals surface area contributed by atoms with Gasteiger partial charge < -0.3 is 10.2 Å². The number of aliphatic hydroxyl groups excluding tert-OH is 1. The quantitative estimate of drug-likeness (QED) is 0.867. The Morgan fingerprint density at radius 2 is 2.15 bits per heavy atom. The highest BCUT2D eigenvalue weighted by Gasteiger charge is 2.34. The van der Waals surface area contributed by atoms with Crippen molar-refractivity contribution in [3.8, 4) is 0 Å². The lowest BCUT2D eigenvalue weighted by Crippen LogP contribution is -2.45. The van der Waals surface area contributed by atoms with E-state index in [1.807, 2.05) is 31.2 Å². The number of likely N-dealkylation sites (tertiary alicyclic amines) is 1. The fourth-order valence-electron chi connectivity index (χ4n) is 3.17. The molecule has 0 spiro atoms. The molecule has 4 nitrogen and oxygen atoms in total. The highest BCUT2D eigenvalue weighted by molar-refractivity contribution is 5.76. The van der Waals surface area contributed by atoms with E-state index in [1.54, 1.807) is 0 Å². The number of rotatable bonds is 5. The molecule has 0 aliphatic carbocycles. The van der Waals surface area contributed by atoms with E-state index in [1.165, 1.54) is 0 Å². The summed E-state index contributed by atoms with van der Waals surface area (Å²) >= 11 is 0. The zero-order chi connectivity index (χ0) is 14.5. The Kier molecular flexibility index (Phi) is 5.15. The number of nitrogens with zero attached hydrogens (tertiary/aromatic N) is 1. The first-order valence-electron chi connectivity index (χ1n) is 7.30.